The Balaban J connectivity index is 2.51. The maximum atomic E-state index is 11.9. The molecule has 0 heterocycles. The van der Waals surface area contributed by atoms with Gasteiger partial charge in [-0.2, -0.15) is 0 Å². The van der Waals surface area contributed by atoms with Crippen molar-refractivity contribution in [2.45, 2.75) is 58.5 Å². The van der Waals surface area contributed by atoms with Gasteiger partial charge in [-0.15, -0.1) is 0 Å². The summed E-state index contributed by atoms with van der Waals surface area (Å²) in [4.78, 5) is 11.9. The van der Waals surface area contributed by atoms with Gasteiger partial charge >= 0.3 is 0 Å². The highest BCUT2D eigenvalue weighted by molar-refractivity contribution is 5.86. The summed E-state index contributed by atoms with van der Waals surface area (Å²) in [6.45, 7) is 5.30. The molecule has 106 valence electrons. The van der Waals surface area contributed by atoms with Crippen LogP contribution in [0.15, 0.2) is 30.3 Å². The Morgan fingerprint density at radius 3 is 2.37 bits per heavy atom. The van der Waals surface area contributed by atoms with Crippen LogP contribution in [0.3, 0.4) is 0 Å². The van der Waals surface area contributed by atoms with Crippen molar-refractivity contribution in [2.75, 3.05) is 0 Å². The van der Waals surface area contributed by atoms with Crippen LogP contribution in [-0.2, 0) is 11.2 Å². The van der Waals surface area contributed by atoms with Crippen LogP contribution in [-0.4, -0.2) is 16.5 Å². The standard InChI is InChI=1S/C17H26O2/c1-4-8-15(13-16(18)17(2,3)19)12-11-14-9-6-5-7-10-14/h5-7,9-10,15,19H,4,8,11-13H2,1-3H3. The Kier molecular flexibility index (Phi) is 6.23. The molecule has 2 nitrogen and oxygen atoms in total. The molecular formula is C17H26O2. The number of carbonyl (C=O) groups excluding carboxylic acids is 1. The molecule has 1 N–H and O–H groups in total. The van der Waals surface area contributed by atoms with Crippen molar-refractivity contribution in [1.29, 1.82) is 0 Å². The lowest BCUT2D eigenvalue weighted by Gasteiger charge is -2.21. The zero-order valence-corrected chi connectivity index (χ0v) is 12.4. The second-order valence-electron chi connectivity index (χ2n) is 5.87. The minimum atomic E-state index is -1.20. The summed E-state index contributed by atoms with van der Waals surface area (Å²) in [5, 5.41) is 9.74. The molecule has 1 aromatic rings. The van der Waals surface area contributed by atoms with E-state index in [4.69, 9.17) is 0 Å². The van der Waals surface area contributed by atoms with E-state index in [0.717, 1.165) is 25.7 Å². The second-order valence-corrected chi connectivity index (χ2v) is 5.87. The fourth-order valence-corrected chi connectivity index (χ4v) is 2.28. The molecule has 0 fully saturated rings. The molecular weight excluding hydrogens is 236 g/mol. The Labute approximate surface area is 116 Å². The van der Waals surface area contributed by atoms with Gasteiger partial charge in [-0.1, -0.05) is 50.1 Å². The first-order chi connectivity index (χ1) is 8.93. The number of hydrogen-bond donors (Lipinski definition) is 1. The number of carbonyl (C=O) groups is 1. The Morgan fingerprint density at radius 1 is 1.21 bits per heavy atom. The predicted molar refractivity (Wildman–Crippen MR) is 79.1 cm³/mol. The fraction of sp³-hybridized carbons (Fsp3) is 0.588. The lowest BCUT2D eigenvalue weighted by atomic mass is 9.87. The summed E-state index contributed by atoms with van der Waals surface area (Å²) < 4.78 is 0. The van der Waals surface area contributed by atoms with E-state index in [-0.39, 0.29) is 5.78 Å². The van der Waals surface area contributed by atoms with Crippen LogP contribution in [0.25, 0.3) is 0 Å². The highest BCUT2D eigenvalue weighted by atomic mass is 16.3. The van der Waals surface area contributed by atoms with E-state index in [1.54, 1.807) is 13.8 Å². The van der Waals surface area contributed by atoms with Crippen LogP contribution >= 0.6 is 0 Å². The minimum absolute atomic E-state index is 0.0426. The van der Waals surface area contributed by atoms with Crippen LogP contribution in [0.4, 0.5) is 0 Å². The van der Waals surface area contributed by atoms with E-state index in [1.165, 1.54) is 5.56 Å². The summed E-state index contributed by atoms with van der Waals surface area (Å²) in [7, 11) is 0. The summed E-state index contributed by atoms with van der Waals surface area (Å²) in [6.07, 6.45) is 4.64. The van der Waals surface area contributed by atoms with Gasteiger partial charge in [0.05, 0.1) is 0 Å². The van der Waals surface area contributed by atoms with Crippen molar-refractivity contribution in [3.63, 3.8) is 0 Å². The largest absolute Gasteiger partial charge is 0.383 e. The first-order valence-electron chi connectivity index (χ1n) is 7.23. The van der Waals surface area contributed by atoms with Crippen LogP contribution in [0.2, 0.25) is 0 Å². The average Bonchev–Trinajstić information content (AvgIpc) is 2.36. The Bertz CT molecular complexity index is 376. The summed E-state index contributed by atoms with van der Waals surface area (Å²) in [5.41, 5.74) is 0.123. The summed E-state index contributed by atoms with van der Waals surface area (Å²) >= 11 is 0. The number of hydrogen-bond acceptors (Lipinski definition) is 2. The number of Topliss-reactive ketones (excluding diaryl/α,β-unsaturated/α-hetero) is 1. The molecule has 0 saturated carbocycles. The molecule has 0 aliphatic heterocycles. The molecule has 0 radical (unpaired) electrons. The molecule has 0 saturated heterocycles. The van der Waals surface area contributed by atoms with Crippen molar-refractivity contribution < 1.29 is 9.90 Å². The van der Waals surface area contributed by atoms with Crippen molar-refractivity contribution in [3.8, 4) is 0 Å². The van der Waals surface area contributed by atoms with Crippen LogP contribution in [0.1, 0.15) is 52.0 Å². The Hall–Kier alpha value is -1.15. The van der Waals surface area contributed by atoms with Gasteiger partial charge in [0.1, 0.15) is 5.60 Å². The van der Waals surface area contributed by atoms with E-state index >= 15 is 0 Å². The van der Waals surface area contributed by atoms with E-state index in [9.17, 15) is 9.90 Å². The van der Waals surface area contributed by atoms with E-state index in [2.05, 4.69) is 19.1 Å². The number of aliphatic hydroxyl groups is 1. The molecule has 2 heteroatoms. The normalized spacial score (nSPS) is 13.3. The summed E-state index contributed by atoms with van der Waals surface area (Å²) in [6, 6.07) is 10.4. The molecule has 0 aliphatic carbocycles. The second kappa shape index (κ2) is 7.44. The van der Waals surface area contributed by atoms with Crippen LogP contribution in [0, 0.1) is 5.92 Å². The molecule has 19 heavy (non-hydrogen) atoms. The predicted octanol–water partition coefficient (Wildman–Crippen LogP) is 3.77. The third-order valence-electron chi connectivity index (χ3n) is 3.54. The maximum absolute atomic E-state index is 11.9. The van der Waals surface area contributed by atoms with Gasteiger partial charge in [0.2, 0.25) is 0 Å². The highest BCUT2D eigenvalue weighted by Crippen LogP contribution is 2.22. The van der Waals surface area contributed by atoms with Gasteiger partial charge in [-0.05, 0) is 38.2 Å². The van der Waals surface area contributed by atoms with Crippen LogP contribution in [0.5, 0.6) is 0 Å². The first kappa shape index (κ1) is 15.9. The fourth-order valence-electron chi connectivity index (χ4n) is 2.28. The van der Waals surface area contributed by atoms with Crippen molar-refractivity contribution in [2.24, 2.45) is 5.92 Å². The quantitative estimate of drug-likeness (QED) is 0.774. The molecule has 1 atom stereocenters. The van der Waals surface area contributed by atoms with Crippen molar-refractivity contribution in [1.82, 2.24) is 0 Å². The van der Waals surface area contributed by atoms with Gasteiger partial charge in [0, 0.05) is 6.42 Å². The zero-order valence-electron chi connectivity index (χ0n) is 12.4. The number of rotatable bonds is 8. The van der Waals surface area contributed by atoms with E-state index < -0.39 is 5.60 Å². The third kappa shape index (κ3) is 6.02. The molecule has 1 unspecified atom stereocenters. The van der Waals surface area contributed by atoms with Crippen molar-refractivity contribution >= 4 is 5.78 Å². The number of ketones is 1. The molecule has 0 aliphatic rings. The van der Waals surface area contributed by atoms with Crippen molar-refractivity contribution in [3.05, 3.63) is 35.9 Å². The van der Waals surface area contributed by atoms with Gasteiger partial charge in [-0.25, -0.2) is 0 Å². The molecule has 0 amide bonds. The van der Waals surface area contributed by atoms with Gasteiger partial charge in [0.25, 0.3) is 0 Å². The monoisotopic (exact) mass is 262 g/mol. The summed E-state index contributed by atoms with van der Waals surface area (Å²) in [5.74, 6) is 0.336. The highest BCUT2D eigenvalue weighted by Gasteiger charge is 2.26. The number of benzene rings is 1. The zero-order chi connectivity index (χ0) is 14.3. The van der Waals surface area contributed by atoms with E-state index in [0.29, 0.717) is 12.3 Å². The molecule has 0 spiro atoms. The van der Waals surface area contributed by atoms with Gasteiger partial charge < -0.3 is 5.11 Å². The molecule has 1 rings (SSSR count). The van der Waals surface area contributed by atoms with Crippen LogP contribution < -0.4 is 0 Å². The first-order valence-corrected chi connectivity index (χ1v) is 7.23. The topological polar surface area (TPSA) is 37.3 Å². The smallest absolute Gasteiger partial charge is 0.164 e. The molecule has 1 aromatic carbocycles. The van der Waals surface area contributed by atoms with Gasteiger partial charge in [0.15, 0.2) is 5.78 Å². The lowest BCUT2D eigenvalue weighted by Crippen LogP contribution is -2.32. The lowest BCUT2D eigenvalue weighted by molar-refractivity contribution is -0.135. The molecule has 0 aromatic heterocycles. The maximum Gasteiger partial charge on any atom is 0.164 e. The minimum Gasteiger partial charge on any atom is -0.383 e. The molecule has 0 bridgehead atoms. The average molecular weight is 262 g/mol. The Morgan fingerprint density at radius 2 is 1.84 bits per heavy atom. The number of aryl methyl sites for hydroxylation is 1. The van der Waals surface area contributed by atoms with Gasteiger partial charge in [-0.3, -0.25) is 4.79 Å². The van der Waals surface area contributed by atoms with E-state index in [1.807, 2.05) is 18.2 Å². The SMILES string of the molecule is CCCC(CCc1ccccc1)CC(=O)C(C)(C)O. The third-order valence-corrected chi connectivity index (χ3v) is 3.54.